The molecule has 2 heterocycles. The van der Waals surface area contributed by atoms with Gasteiger partial charge in [0.2, 0.25) is 0 Å². The lowest BCUT2D eigenvalue weighted by molar-refractivity contribution is -0.136. The Morgan fingerprint density at radius 1 is 1.09 bits per heavy atom. The second-order valence-electron chi connectivity index (χ2n) is 13.6. The van der Waals surface area contributed by atoms with Crippen molar-refractivity contribution in [3.8, 4) is 5.75 Å². The molecule has 0 radical (unpaired) electrons. The van der Waals surface area contributed by atoms with Crippen LogP contribution < -0.4 is 14.4 Å². The van der Waals surface area contributed by atoms with Gasteiger partial charge in [0.15, 0.2) is 0 Å². The van der Waals surface area contributed by atoms with Crippen molar-refractivity contribution in [1.29, 1.82) is 0 Å². The monoisotopic (exact) mass is 684 g/mol. The van der Waals surface area contributed by atoms with Crippen LogP contribution in [0.3, 0.4) is 0 Å². The molecule has 2 aromatic rings. The molecule has 47 heavy (non-hydrogen) atoms. The molecule has 254 valence electrons. The second-order valence-corrected chi connectivity index (χ2v) is 15.7. The van der Waals surface area contributed by atoms with Crippen molar-refractivity contribution in [3.05, 3.63) is 64.7 Å². The van der Waals surface area contributed by atoms with Gasteiger partial charge in [-0.2, -0.15) is 0 Å². The Balaban J connectivity index is 1.41. The lowest BCUT2D eigenvalue weighted by Crippen LogP contribution is -2.62. The molecular weight excluding hydrogens is 640 g/mol. The number of aryl methyl sites for hydroxylation is 1. The number of halogens is 1. The minimum absolute atomic E-state index is 0.0207. The van der Waals surface area contributed by atoms with Crippen LogP contribution in [-0.2, 0) is 32.6 Å². The highest BCUT2D eigenvalue weighted by Crippen LogP contribution is 2.43. The Bertz CT molecular complexity index is 1640. The number of benzene rings is 2. The summed E-state index contributed by atoms with van der Waals surface area (Å²) in [4.78, 5) is 32.1. The van der Waals surface area contributed by atoms with E-state index in [1.165, 1.54) is 11.0 Å². The lowest BCUT2D eigenvalue weighted by atomic mass is 9.70. The maximum absolute atomic E-state index is 13.8. The second kappa shape index (κ2) is 13.7. The summed E-state index contributed by atoms with van der Waals surface area (Å²) in [7, 11) is 1.02. The Morgan fingerprint density at radius 3 is 2.60 bits per heavy atom. The van der Waals surface area contributed by atoms with Crippen LogP contribution in [0.15, 0.2) is 53.4 Å². The van der Waals surface area contributed by atoms with E-state index in [1.807, 2.05) is 42.3 Å². The Hall–Kier alpha value is -3.28. The molecule has 2 aromatic carbocycles. The van der Waals surface area contributed by atoms with Gasteiger partial charge in [-0.25, -0.2) is 17.9 Å². The number of anilines is 1. The van der Waals surface area contributed by atoms with Crippen LogP contribution in [0, 0.1) is 11.8 Å². The molecule has 0 unspecified atom stereocenters. The van der Waals surface area contributed by atoms with E-state index in [0.29, 0.717) is 55.5 Å². The van der Waals surface area contributed by atoms with Gasteiger partial charge in [0.1, 0.15) is 24.0 Å². The predicted molar refractivity (Wildman–Crippen MR) is 181 cm³/mol. The third kappa shape index (κ3) is 6.98. The number of ether oxygens (including phenoxy) is 2. The molecule has 4 aliphatic rings. The van der Waals surface area contributed by atoms with Crippen molar-refractivity contribution in [2.75, 3.05) is 45.7 Å². The minimum Gasteiger partial charge on any atom is -0.487 e. The number of nitrogens with zero attached hydrogens (tertiary/aromatic N) is 3. The fraction of sp³-hybridized carbons (Fsp3) is 0.543. The molecule has 0 saturated heterocycles. The molecule has 1 N–H and O–H groups in total. The van der Waals surface area contributed by atoms with E-state index in [1.54, 1.807) is 26.2 Å². The summed E-state index contributed by atoms with van der Waals surface area (Å²) >= 11 is 6.34. The maximum Gasteiger partial charge on any atom is 0.409 e. The van der Waals surface area contributed by atoms with E-state index in [-0.39, 0.29) is 16.7 Å². The lowest BCUT2D eigenvalue weighted by Gasteiger charge is -2.46. The number of likely N-dealkylation sites (N-methyl/N-ethyl adjacent to an activating group) is 1. The molecule has 10 nitrogen and oxygen atoms in total. The zero-order valence-electron chi connectivity index (χ0n) is 27.4. The van der Waals surface area contributed by atoms with E-state index in [0.717, 1.165) is 49.7 Å². The van der Waals surface area contributed by atoms with Crippen molar-refractivity contribution >= 4 is 39.3 Å². The van der Waals surface area contributed by atoms with Crippen molar-refractivity contribution in [1.82, 2.24) is 14.5 Å². The van der Waals surface area contributed by atoms with Gasteiger partial charge in [0.05, 0.1) is 10.6 Å². The molecule has 2 aliphatic carbocycles. The third-order valence-corrected chi connectivity index (χ3v) is 12.0. The summed E-state index contributed by atoms with van der Waals surface area (Å²) in [6.07, 6.45) is 9.52. The highest BCUT2D eigenvalue weighted by molar-refractivity contribution is 7.90. The van der Waals surface area contributed by atoms with Crippen LogP contribution in [0.1, 0.15) is 56.1 Å². The van der Waals surface area contributed by atoms with Crippen LogP contribution in [-0.4, -0.2) is 82.6 Å². The average Bonchev–Trinajstić information content (AvgIpc) is 3.01. The quantitative estimate of drug-likeness (QED) is 0.399. The van der Waals surface area contributed by atoms with Gasteiger partial charge in [-0.15, -0.1) is 0 Å². The van der Waals surface area contributed by atoms with Crippen LogP contribution in [0.4, 0.5) is 10.5 Å². The Morgan fingerprint density at radius 2 is 1.89 bits per heavy atom. The number of sulfonamides is 1. The standard InChI is InChI=1S/C35H45ClN4O6S/c1-38(2)34(42)46-31-9-6-18-39(3)35(16-7-17-35)33(41)37-47(43,44)28-13-15-32-30(21-28)40(22-25-11-14-29(25)31)19-5-4-8-24-20-27(36)12-10-26(24)23-45-32/h6,9-10,12-13,15,20-21,25,29,31H,4-5,7-8,11,14,16-19,22-23H2,1-3H3,(H,37,41)/b9-6+/t25-,29+,31-/m0/s1. The zero-order chi connectivity index (χ0) is 33.3. The van der Waals surface area contributed by atoms with Gasteiger partial charge >= 0.3 is 6.09 Å². The van der Waals surface area contributed by atoms with Crippen LogP contribution in [0.2, 0.25) is 5.02 Å². The molecule has 12 heteroatoms. The number of hydrogen-bond acceptors (Lipinski definition) is 8. The summed E-state index contributed by atoms with van der Waals surface area (Å²) in [6, 6.07) is 10.7. The summed E-state index contributed by atoms with van der Waals surface area (Å²) in [5.74, 6) is 0.342. The molecule has 2 saturated carbocycles. The molecule has 2 aliphatic heterocycles. The van der Waals surface area contributed by atoms with E-state index < -0.39 is 33.7 Å². The molecule has 2 amide bonds. The molecule has 6 rings (SSSR count). The van der Waals surface area contributed by atoms with Crippen molar-refractivity contribution in [3.63, 3.8) is 0 Å². The van der Waals surface area contributed by atoms with E-state index >= 15 is 0 Å². The highest BCUT2D eigenvalue weighted by Gasteiger charge is 2.49. The van der Waals surface area contributed by atoms with Crippen molar-refractivity contribution in [2.24, 2.45) is 11.8 Å². The smallest absolute Gasteiger partial charge is 0.409 e. The molecule has 0 aromatic heterocycles. The first-order valence-corrected chi connectivity index (χ1v) is 18.5. The highest BCUT2D eigenvalue weighted by atomic mass is 35.5. The first-order chi connectivity index (χ1) is 22.5. The zero-order valence-corrected chi connectivity index (χ0v) is 29.0. The van der Waals surface area contributed by atoms with Crippen molar-refractivity contribution in [2.45, 2.75) is 74.5 Å². The van der Waals surface area contributed by atoms with Gasteiger partial charge in [0, 0.05) is 44.7 Å². The van der Waals surface area contributed by atoms with Crippen molar-refractivity contribution < 1.29 is 27.5 Å². The number of carbonyl (C=O) groups excluding carboxylic acids is 2. The number of carbonyl (C=O) groups is 2. The summed E-state index contributed by atoms with van der Waals surface area (Å²) < 4.78 is 42.5. The average molecular weight is 685 g/mol. The fourth-order valence-corrected chi connectivity index (χ4v) is 8.47. The largest absolute Gasteiger partial charge is 0.487 e. The number of hydrogen-bond donors (Lipinski definition) is 1. The third-order valence-electron chi connectivity index (χ3n) is 10.5. The maximum atomic E-state index is 13.8. The normalized spacial score (nSPS) is 26.5. The van der Waals surface area contributed by atoms with Crippen LogP contribution in [0.25, 0.3) is 0 Å². The Kier molecular flexibility index (Phi) is 9.79. The predicted octanol–water partition coefficient (Wildman–Crippen LogP) is 5.38. The van der Waals surface area contributed by atoms with Gasteiger partial charge in [-0.05, 0) is 112 Å². The summed E-state index contributed by atoms with van der Waals surface area (Å²) in [5.41, 5.74) is 1.92. The fourth-order valence-electron chi connectivity index (χ4n) is 7.21. The van der Waals surface area contributed by atoms with Gasteiger partial charge in [-0.3, -0.25) is 9.69 Å². The SMILES string of the molecule is CN(C)C(=O)O[C@H]1/C=C/CN(C)C2(CCC2)C(=O)NS(=O)(=O)c2ccc3c(c2)N(CCCCc2cc(Cl)ccc2CO3)C[C@@H]2CC[C@H]21. The Labute approximate surface area is 283 Å². The number of fused-ring (bicyclic) bond motifs is 3. The molecular formula is C35H45ClN4O6S. The topological polar surface area (TPSA) is 108 Å². The van der Waals surface area contributed by atoms with Gasteiger partial charge < -0.3 is 19.3 Å². The molecule has 2 bridgehead atoms. The number of nitrogens with one attached hydrogen (secondary N) is 1. The molecule has 2 fully saturated rings. The van der Waals surface area contributed by atoms with E-state index in [9.17, 15) is 18.0 Å². The van der Waals surface area contributed by atoms with Crippen LogP contribution in [0.5, 0.6) is 5.75 Å². The van der Waals surface area contributed by atoms with Gasteiger partial charge in [-0.1, -0.05) is 23.7 Å². The summed E-state index contributed by atoms with van der Waals surface area (Å²) in [5, 5.41) is 0.686. The molecule has 1 spiro atoms. The number of rotatable bonds is 1. The molecule has 3 atom stereocenters. The minimum atomic E-state index is -4.17. The number of amides is 2. The van der Waals surface area contributed by atoms with Gasteiger partial charge in [0.25, 0.3) is 15.9 Å². The first kappa shape index (κ1) is 33.6. The van der Waals surface area contributed by atoms with E-state index in [4.69, 9.17) is 21.1 Å². The summed E-state index contributed by atoms with van der Waals surface area (Å²) in [6.45, 7) is 2.04. The van der Waals surface area contributed by atoms with E-state index in [2.05, 4.69) is 9.62 Å². The van der Waals surface area contributed by atoms with Crippen LogP contribution >= 0.6 is 11.6 Å². The first-order valence-electron chi connectivity index (χ1n) is 16.6.